The molecule has 1 rings (SSSR count). The molecule has 21 heavy (non-hydrogen) atoms. The molecule has 1 saturated heterocycles. The molecule has 9 heteroatoms. The highest BCUT2D eigenvalue weighted by Crippen LogP contribution is 2.30. The SMILES string of the molecule is COC(CCNC(=O)N1CCC(C)(C(=O)O)C1)C(F)(F)F. The number of hydrogen-bond donors (Lipinski definition) is 2. The Morgan fingerprint density at radius 1 is 1.48 bits per heavy atom. The van der Waals surface area contributed by atoms with Crippen LogP contribution in [0.15, 0.2) is 0 Å². The quantitative estimate of drug-likeness (QED) is 0.805. The molecule has 0 aromatic carbocycles. The second kappa shape index (κ2) is 6.50. The summed E-state index contributed by atoms with van der Waals surface area (Å²) in [5.74, 6) is -0.991. The van der Waals surface area contributed by atoms with Gasteiger partial charge in [0.2, 0.25) is 0 Å². The van der Waals surface area contributed by atoms with Crippen LogP contribution in [0.25, 0.3) is 0 Å². The first kappa shape index (κ1) is 17.5. The van der Waals surface area contributed by atoms with Gasteiger partial charge in [-0.2, -0.15) is 13.2 Å². The number of hydrogen-bond acceptors (Lipinski definition) is 3. The van der Waals surface area contributed by atoms with Crippen LogP contribution in [0.5, 0.6) is 0 Å². The topological polar surface area (TPSA) is 78.9 Å². The van der Waals surface area contributed by atoms with Gasteiger partial charge in [-0.1, -0.05) is 0 Å². The number of amides is 2. The van der Waals surface area contributed by atoms with Crippen LogP contribution in [0, 0.1) is 5.41 Å². The van der Waals surface area contributed by atoms with Gasteiger partial charge in [0.15, 0.2) is 6.10 Å². The number of alkyl halides is 3. The lowest BCUT2D eigenvalue weighted by Crippen LogP contribution is -2.42. The number of aliphatic carboxylic acids is 1. The van der Waals surface area contributed by atoms with Crippen molar-refractivity contribution in [3.63, 3.8) is 0 Å². The van der Waals surface area contributed by atoms with Crippen molar-refractivity contribution in [1.82, 2.24) is 10.2 Å². The van der Waals surface area contributed by atoms with Gasteiger partial charge in [-0.3, -0.25) is 4.79 Å². The minimum absolute atomic E-state index is 0.0428. The number of urea groups is 1. The molecule has 0 aromatic rings. The fourth-order valence-electron chi connectivity index (χ4n) is 2.15. The summed E-state index contributed by atoms with van der Waals surface area (Å²) >= 11 is 0. The van der Waals surface area contributed by atoms with Gasteiger partial charge in [0, 0.05) is 26.7 Å². The van der Waals surface area contributed by atoms with Crippen LogP contribution >= 0.6 is 0 Å². The molecule has 2 N–H and O–H groups in total. The largest absolute Gasteiger partial charge is 0.481 e. The first-order valence-electron chi connectivity index (χ1n) is 6.46. The summed E-state index contributed by atoms with van der Waals surface area (Å²) in [7, 11) is 0.957. The molecule has 2 unspecified atom stereocenters. The summed E-state index contributed by atoms with van der Waals surface area (Å²) in [4.78, 5) is 24.1. The van der Waals surface area contributed by atoms with Gasteiger partial charge in [-0.25, -0.2) is 4.79 Å². The maximum absolute atomic E-state index is 12.4. The third-order valence-corrected chi connectivity index (χ3v) is 3.61. The molecule has 0 aliphatic carbocycles. The van der Waals surface area contributed by atoms with Crippen molar-refractivity contribution in [3.05, 3.63) is 0 Å². The Morgan fingerprint density at radius 2 is 2.10 bits per heavy atom. The number of carboxylic acid groups (broad SMARTS) is 1. The monoisotopic (exact) mass is 312 g/mol. The summed E-state index contributed by atoms with van der Waals surface area (Å²) in [6, 6.07) is -0.558. The molecule has 0 bridgehead atoms. The molecule has 0 spiro atoms. The highest BCUT2D eigenvalue weighted by molar-refractivity contribution is 5.79. The van der Waals surface area contributed by atoms with Crippen LogP contribution in [0.4, 0.5) is 18.0 Å². The third-order valence-electron chi connectivity index (χ3n) is 3.61. The van der Waals surface area contributed by atoms with Crippen molar-refractivity contribution in [2.24, 2.45) is 5.41 Å². The van der Waals surface area contributed by atoms with E-state index in [2.05, 4.69) is 10.1 Å². The molecule has 2 amide bonds. The number of carbonyl (C=O) groups is 2. The van der Waals surface area contributed by atoms with Crippen LogP contribution in [0.3, 0.4) is 0 Å². The van der Waals surface area contributed by atoms with Gasteiger partial charge in [-0.15, -0.1) is 0 Å². The second-order valence-electron chi connectivity index (χ2n) is 5.32. The third kappa shape index (κ3) is 4.48. The molecule has 0 radical (unpaired) electrons. The first-order valence-corrected chi connectivity index (χ1v) is 6.46. The van der Waals surface area contributed by atoms with Crippen molar-refractivity contribution < 1.29 is 32.6 Å². The van der Waals surface area contributed by atoms with E-state index in [4.69, 9.17) is 5.11 Å². The average molecular weight is 312 g/mol. The molecule has 6 nitrogen and oxygen atoms in total. The van der Waals surface area contributed by atoms with E-state index in [9.17, 15) is 22.8 Å². The van der Waals surface area contributed by atoms with Crippen molar-refractivity contribution >= 4 is 12.0 Å². The van der Waals surface area contributed by atoms with Crippen LogP contribution in [-0.2, 0) is 9.53 Å². The zero-order valence-corrected chi connectivity index (χ0v) is 11.9. The second-order valence-corrected chi connectivity index (χ2v) is 5.32. The summed E-state index contributed by atoms with van der Waals surface area (Å²) in [6.45, 7) is 1.65. The lowest BCUT2D eigenvalue weighted by atomic mass is 9.90. The number of carbonyl (C=O) groups excluding carboxylic acids is 1. The Labute approximate surface area is 120 Å². The van der Waals surface area contributed by atoms with Gasteiger partial charge in [0.05, 0.1) is 5.41 Å². The Bertz CT molecular complexity index is 402. The van der Waals surface area contributed by atoms with Crippen molar-refractivity contribution in [2.45, 2.75) is 32.0 Å². The van der Waals surface area contributed by atoms with Gasteiger partial charge in [-0.05, 0) is 19.8 Å². The Balaban J connectivity index is 2.41. The van der Waals surface area contributed by atoms with E-state index in [0.717, 1.165) is 7.11 Å². The average Bonchev–Trinajstić information content (AvgIpc) is 2.77. The van der Waals surface area contributed by atoms with Crippen LogP contribution in [0.2, 0.25) is 0 Å². The molecule has 2 atom stereocenters. The van der Waals surface area contributed by atoms with Crippen LogP contribution in [-0.4, -0.2) is 61.0 Å². The van der Waals surface area contributed by atoms with E-state index in [1.807, 2.05) is 0 Å². The maximum atomic E-state index is 12.4. The molecule has 122 valence electrons. The van der Waals surface area contributed by atoms with E-state index in [1.54, 1.807) is 0 Å². The van der Waals surface area contributed by atoms with E-state index in [1.165, 1.54) is 11.8 Å². The summed E-state index contributed by atoms with van der Waals surface area (Å²) in [6.07, 6.45) is -6.48. The lowest BCUT2D eigenvalue weighted by molar-refractivity contribution is -0.213. The number of likely N-dealkylation sites (tertiary alicyclic amines) is 1. The van der Waals surface area contributed by atoms with E-state index < -0.39 is 36.1 Å². The molecule has 1 heterocycles. The van der Waals surface area contributed by atoms with Crippen LogP contribution in [0.1, 0.15) is 19.8 Å². The number of carboxylic acids is 1. The lowest BCUT2D eigenvalue weighted by Gasteiger charge is -2.22. The number of nitrogens with zero attached hydrogens (tertiary/aromatic N) is 1. The molecule has 0 aromatic heterocycles. The summed E-state index contributed by atoms with van der Waals surface area (Å²) < 4.78 is 41.6. The molecular formula is C12H19F3N2O4. The molecular weight excluding hydrogens is 293 g/mol. The van der Waals surface area contributed by atoms with Crippen molar-refractivity contribution in [3.8, 4) is 0 Å². The van der Waals surface area contributed by atoms with E-state index in [0.29, 0.717) is 6.42 Å². The number of halogens is 3. The maximum Gasteiger partial charge on any atom is 0.414 e. The van der Waals surface area contributed by atoms with E-state index in [-0.39, 0.29) is 19.6 Å². The van der Waals surface area contributed by atoms with Gasteiger partial charge < -0.3 is 20.1 Å². The fraction of sp³-hybridized carbons (Fsp3) is 0.833. The molecule has 1 fully saturated rings. The number of nitrogens with one attached hydrogen (secondary N) is 1. The Kier molecular flexibility index (Phi) is 5.43. The van der Waals surface area contributed by atoms with Gasteiger partial charge in [0.25, 0.3) is 0 Å². The standard InChI is InChI=1S/C12H19F3N2O4/c1-11(9(18)19)4-6-17(7-11)10(20)16-5-3-8(21-2)12(13,14)15/h8H,3-7H2,1-2H3,(H,16,20)(H,18,19). The predicted octanol–water partition coefficient (Wildman–Crippen LogP) is 1.46. The molecule has 1 aliphatic rings. The Morgan fingerprint density at radius 3 is 2.52 bits per heavy atom. The minimum Gasteiger partial charge on any atom is -0.481 e. The zero-order chi connectivity index (χ0) is 16.3. The molecule has 1 aliphatic heterocycles. The normalized spacial score (nSPS) is 24.0. The minimum atomic E-state index is -4.48. The predicted molar refractivity (Wildman–Crippen MR) is 66.8 cm³/mol. The highest BCUT2D eigenvalue weighted by atomic mass is 19.4. The van der Waals surface area contributed by atoms with Crippen molar-refractivity contribution in [2.75, 3.05) is 26.7 Å². The number of rotatable bonds is 5. The number of methoxy groups -OCH3 is 1. The fourth-order valence-corrected chi connectivity index (χ4v) is 2.15. The van der Waals surface area contributed by atoms with Gasteiger partial charge >= 0.3 is 18.2 Å². The van der Waals surface area contributed by atoms with E-state index >= 15 is 0 Å². The summed E-state index contributed by atoms with van der Waals surface area (Å²) in [5.41, 5.74) is -1.00. The Hall–Kier alpha value is -1.51. The molecule has 0 saturated carbocycles. The van der Waals surface area contributed by atoms with Crippen LogP contribution < -0.4 is 5.32 Å². The highest BCUT2D eigenvalue weighted by Gasteiger charge is 2.42. The zero-order valence-electron chi connectivity index (χ0n) is 11.9. The van der Waals surface area contributed by atoms with Crippen molar-refractivity contribution in [1.29, 1.82) is 0 Å². The first-order chi connectivity index (χ1) is 9.60. The number of ether oxygens (including phenoxy) is 1. The summed E-state index contributed by atoms with van der Waals surface area (Å²) in [5, 5.41) is 11.4. The smallest absolute Gasteiger partial charge is 0.414 e. The van der Waals surface area contributed by atoms with Gasteiger partial charge in [0.1, 0.15) is 0 Å².